The second kappa shape index (κ2) is 5.41. The van der Waals surface area contributed by atoms with Crippen molar-refractivity contribution in [1.82, 2.24) is 9.78 Å². The number of methoxy groups -OCH3 is 1. The number of aryl methyl sites for hydroxylation is 2. The van der Waals surface area contributed by atoms with Crippen LogP contribution in [0.1, 0.15) is 42.3 Å². The number of fused-ring (bicyclic) bond motifs is 1. The number of nitrogens with zero attached hydrogens (tertiary/aromatic N) is 2. The van der Waals surface area contributed by atoms with Crippen LogP contribution in [0.2, 0.25) is 0 Å². The van der Waals surface area contributed by atoms with Crippen LogP contribution >= 0.6 is 0 Å². The van der Waals surface area contributed by atoms with Crippen molar-refractivity contribution in [2.24, 2.45) is 12.8 Å². The van der Waals surface area contributed by atoms with Crippen molar-refractivity contribution < 1.29 is 9.47 Å². The van der Waals surface area contributed by atoms with Crippen molar-refractivity contribution >= 4 is 0 Å². The summed E-state index contributed by atoms with van der Waals surface area (Å²) < 4.78 is 13.3. The Labute approximate surface area is 124 Å². The molecule has 5 nitrogen and oxygen atoms in total. The third-order valence-electron chi connectivity index (χ3n) is 3.97. The Hall–Kier alpha value is -2.01. The van der Waals surface area contributed by atoms with E-state index < -0.39 is 0 Å². The summed E-state index contributed by atoms with van der Waals surface area (Å²) in [4.78, 5) is 0. The van der Waals surface area contributed by atoms with Crippen LogP contribution in [0.3, 0.4) is 0 Å². The van der Waals surface area contributed by atoms with Crippen molar-refractivity contribution in [3.8, 4) is 11.5 Å². The van der Waals surface area contributed by atoms with Crippen LogP contribution in [0.4, 0.5) is 0 Å². The molecule has 1 aliphatic rings. The summed E-state index contributed by atoms with van der Waals surface area (Å²) in [7, 11) is 3.59. The molecule has 21 heavy (non-hydrogen) atoms. The minimum atomic E-state index is -0.0567. The predicted octanol–water partition coefficient (Wildman–Crippen LogP) is 2.51. The molecule has 0 saturated heterocycles. The smallest absolute Gasteiger partial charge is 0.129 e. The van der Waals surface area contributed by atoms with E-state index in [1.165, 1.54) is 0 Å². The molecule has 0 aliphatic carbocycles. The molecule has 2 unspecified atom stereocenters. The first-order valence-corrected chi connectivity index (χ1v) is 7.25. The van der Waals surface area contributed by atoms with Gasteiger partial charge in [0.25, 0.3) is 0 Å². The Morgan fingerprint density at radius 3 is 2.95 bits per heavy atom. The molecule has 5 heteroatoms. The third kappa shape index (κ3) is 2.49. The molecular weight excluding hydrogens is 266 g/mol. The van der Waals surface area contributed by atoms with E-state index in [0.717, 1.165) is 41.2 Å². The van der Waals surface area contributed by atoms with E-state index in [9.17, 15) is 0 Å². The summed E-state index contributed by atoms with van der Waals surface area (Å²) in [6.07, 6.45) is 3.63. The molecule has 2 heterocycles. The summed E-state index contributed by atoms with van der Waals surface area (Å²) in [5, 5.41) is 4.49. The Kier molecular flexibility index (Phi) is 3.59. The van der Waals surface area contributed by atoms with Gasteiger partial charge in [0, 0.05) is 36.8 Å². The molecule has 2 aromatic rings. The first-order chi connectivity index (χ1) is 10.1. The largest absolute Gasteiger partial charge is 0.497 e. The highest BCUT2D eigenvalue weighted by Gasteiger charge is 2.29. The Balaban J connectivity index is 1.94. The second-order valence-corrected chi connectivity index (χ2v) is 5.41. The number of nitrogens with two attached hydrogens (primary N) is 1. The lowest BCUT2D eigenvalue weighted by atomic mass is 9.93. The van der Waals surface area contributed by atoms with Crippen LogP contribution in [0.25, 0.3) is 0 Å². The van der Waals surface area contributed by atoms with E-state index in [1.54, 1.807) is 7.11 Å². The SMILES string of the molecule is CCc1nn(C)cc1C1CC(N)c2cc(OC)ccc2O1. The van der Waals surface area contributed by atoms with Crippen LogP contribution in [0, 0.1) is 0 Å². The van der Waals surface area contributed by atoms with Gasteiger partial charge < -0.3 is 15.2 Å². The maximum absolute atomic E-state index is 6.33. The lowest BCUT2D eigenvalue weighted by Gasteiger charge is -2.30. The fourth-order valence-corrected chi connectivity index (χ4v) is 2.90. The van der Waals surface area contributed by atoms with Gasteiger partial charge in [-0.2, -0.15) is 5.10 Å². The Morgan fingerprint density at radius 2 is 2.24 bits per heavy atom. The van der Waals surface area contributed by atoms with Crippen LogP contribution in [0.5, 0.6) is 11.5 Å². The lowest BCUT2D eigenvalue weighted by Crippen LogP contribution is -2.24. The predicted molar refractivity (Wildman–Crippen MR) is 80.5 cm³/mol. The zero-order chi connectivity index (χ0) is 15.0. The normalized spacial score (nSPS) is 20.8. The first kappa shape index (κ1) is 13.9. The molecule has 3 rings (SSSR count). The number of hydrogen-bond donors (Lipinski definition) is 1. The summed E-state index contributed by atoms with van der Waals surface area (Å²) in [5.74, 6) is 1.65. The fraction of sp³-hybridized carbons (Fsp3) is 0.438. The highest BCUT2D eigenvalue weighted by atomic mass is 16.5. The van der Waals surface area contributed by atoms with Gasteiger partial charge in [0.15, 0.2) is 0 Å². The average molecular weight is 287 g/mol. The van der Waals surface area contributed by atoms with E-state index in [4.69, 9.17) is 15.2 Å². The zero-order valence-electron chi connectivity index (χ0n) is 12.7. The first-order valence-electron chi connectivity index (χ1n) is 7.25. The van der Waals surface area contributed by atoms with Crippen molar-refractivity contribution in [3.63, 3.8) is 0 Å². The molecule has 1 aliphatic heterocycles. The van der Waals surface area contributed by atoms with Crippen molar-refractivity contribution in [2.75, 3.05) is 7.11 Å². The molecule has 0 radical (unpaired) electrons. The molecule has 0 fully saturated rings. The second-order valence-electron chi connectivity index (χ2n) is 5.41. The standard InChI is InChI=1S/C16H21N3O2/c1-4-14-12(9-19(2)18-14)16-8-13(17)11-7-10(20-3)5-6-15(11)21-16/h5-7,9,13,16H,4,8,17H2,1-3H3. The topological polar surface area (TPSA) is 62.3 Å². The number of rotatable bonds is 3. The summed E-state index contributed by atoms with van der Waals surface area (Å²) >= 11 is 0. The van der Waals surface area contributed by atoms with Gasteiger partial charge in [-0.15, -0.1) is 0 Å². The minimum Gasteiger partial charge on any atom is -0.497 e. The van der Waals surface area contributed by atoms with Gasteiger partial charge >= 0.3 is 0 Å². The molecule has 2 atom stereocenters. The third-order valence-corrected chi connectivity index (χ3v) is 3.97. The lowest BCUT2D eigenvalue weighted by molar-refractivity contribution is 0.160. The number of benzene rings is 1. The molecule has 2 N–H and O–H groups in total. The average Bonchev–Trinajstić information content (AvgIpc) is 2.88. The Bertz CT molecular complexity index is 651. The van der Waals surface area contributed by atoms with E-state index in [1.807, 2.05) is 36.1 Å². The number of hydrogen-bond acceptors (Lipinski definition) is 4. The van der Waals surface area contributed by atoms with Gasteiger partial charge in [0.05, 0.1) is 12.8 Å². The minimum absolute atomic E-state index is 0.0375. The van der Waals surface area contributed by atoms with Gasteiger partial charge in [-0.1, -0.05) is 6.92 Å². The van der Waals surface area contributed by atoms with E-state index in [0.29, 0.717) is 0 Å². The van der Waals surface area contributed by atoms with Crippen molar-refractivity contribution in [2.45, 2.75) is 31.9 Å². The monoisotopic (exact) mass is 287 g/mol. The van der Waals surface area contributed by atoms with Crippen LogP contribution in [-0.2, 0) is 13.5 Å². The number of aromatic nitrogens is 2. The van der Waals surface area contributed by atoms with E-state index in [2.05, 4.69) is 12.0 Å². The van der Waals surface area contributed by atoms with Crippen LogP contribution in [0.15, 0.2) is 24.4 Å². The van der Waals surface area contributed by atoms with Crippen molar-refractivity contribution in [1.29, 1.82) is 0 Å². The molecule has 0 spiro atoms. The van der Waals surface area contributed by atoms with Gasteiger partial charge in [0.2, 0.25) is 0 Å². The van der Waals surface area contributed by atoms with Gasteiger partial charge in [-0.25, -0.2) is 0 Å². The van der Waals surface area contributed by atoms with E-state index >= 15 is 0 Å². The molecule has 1 aromatic heterocycles. The van der Waals surface area contributed by atoms with Crippen molar-refractivity contribution in [3.05, 3.63) is 41.2 Å². The van der Waals surface area contributed by atoms with Gasteiger partial charge in [-0.05, 0) is 24.6 Å². The quantitative estimate of drug-likeness (QED) is 0.942. The molecule has 0 bridgehead atoms. The maximum atomic E-state index is 6.33. The highest BCUT2D eigenvalue weighted by Crippen LogP contribution is 2.41. The van der Waals surface area contributed by atoms with Gasteiger partial charge in [-0.3, -0.25) is 4.68 Å². The molecule has 0 saturated carbocycles. The number of ether oxygens (including phenoxy) is 2. The Morgan fingerprint density at radius 1 is 1.43 bits per heavy atom. The van der Waals surface area contributed by atoms with Gasteiger partial charge in [0.1, 0.15) is 17.6 Å². The summed E-state index contributed by atoms with van der Waals surface area (Å²) in [6.45, 7) is 2.10. The molecule has 112 valence electrons. The zero-order valence-corrected chi connectivity index (χ0v) is 12.7. The highest BCUT2D eigenvalue weighted by molar-refractivity contribution is 5.44. The molecular formula is C16H21N3O2. The summed E-state index contributed by atoms with van der Waals surface area (Å²) in [6, 6.07) is 5.74. The van der Waals surface area contributed by atoms with Crippen LogP contribution < -0.4 is 15.2 Å². The fourth-order valence-electron chi connectivity index (χ4n) is 2.90. The molecule has 1 aromatic carbocycles. The van der Waals surface area contributed by atoms with Crippen LogP contribution in [-0.4, -0.2) is 16.9 Å². The molecule has 0 amide bonds. The van der Waals surface area contributed by atoms with E-state index in [-0.39, 0.29) is 12.1 Å². The summed E-state index contributed by atoms with van der Waals surface area (Å²) in [5.41, 5.74) is 9.55. The maximum Gasteiger partial charge on any atom is 0.129 e.